The quantitative estimate of drug-likeness (QED) is 0.897. The van der Waals surface area contributed by atoms with Crippen LogP contribution in [-0.2, 0) is 15.9 Å². The first-order valence-corrected chi connectivity index (χ1v) is 7.68. The lowest BCUT2D eigenvalue weighted by Crippen LogP contribution is -2.37. The molecular weight excluding hydrogens is 254 g/mol. The van der Waals surface area contributed by atoms with Crippen molar-refractivity contribution in [3.05, 3.63) is 11.7 Å². The van der Waals surface area contributed by atoms with Crippen molar-refractivity contribution in [3.63, 3.8) is 0 Å². The third-order valence-corrected chi connectivity index (χ3v) is 4.87. The molecule has 0 aliphatic heterocycles. The summed E-state index contributed by atoms with van der Waals surface area (Å²) < 4.78 is 11.3. The van der Waals surface area contributed by atoms with E-state index in [-0.39, 0.29) is 0 Å². The smallest absolute Gasteiger partial charge is 0.246 e. The number of hydrogen-bond donors (Lipinski definition) is 1. The van der Waals surface area contributed by atoms with E-state index in [4.69, 9.17) is 15.0 Å². The molecule has 1 aliphatic carbocycles. The van der Waals surface area contributed by atoms with E-state index < -0.39 is 11.1 Å². The van der Waals surface area contributed by atoms with E-state index in [0.717, 1.165) is 32.1 Å². The Labute approximate surface area is 121 Å². The number of nitrogens with zero attached hydrogens (tertiary/aromatic N) is 2. The Morgan fingerprint density at radius 3 is 2.70 bits per heavy atom. The van der Waals surface area contributed by atoms with Gasteiger partial charge in [0.25, 0.3) is 0 Å². The Morgan fingerprint density at radius 1 is 1.45 bits per heavy atom. The average Bonchev–Trinajstić information content (AvgIpc) is 2.97. The number of ether oxygens (including phenoxy) is 1. The minimum Gasteiger partial charge on any atom is -0.370 e. The first-order valence-electron chi connectivity index (χ1n) is 7.68. The van der Waals surface area contributed by atoms with Gasteiger partial charge in [-0.15, -0.1) is 0 Å². The predicted molar refractivity (Wildman–Crippen MR) is 77.1 cm³/mol. The molecule has 0 radical (unpaired) electrons. The second-order valence-electron chi connectivity index (χ2n) is 6.19. The largest absolute Gasteiger partial charge is 0.370 e. The summed E-state index contributed by atoms with van der Waals surface area (Å²) in [5.41, 5.74) is 5.41. The lowest BCUT2D eigenvalue weighted by Gasteiger charge is -2.36. The zero-order chi connectivity index (χ0) is 14.8. The van der Waals surface area contributed by atoms with Gasteiger partial charge in [0.2, 0.25) is 11.7 Å². The van der Waals surface area contributed by atoms with Crippen molar-refractivity contribution in [2.75, 3.05) is 7.11 Å². The predicted octanol–water partition coefficient (Wildman–Crippen LogP) is 3.10. The standard InChI is InChI=1S/C15H27N3O2/c1-5-14(16,6-2)13-17-12(18-20-13)15(19-4)9-7-8-11(3)10-15/h11H,5-10,16H2,1-4H3. The molecule has 2 rings (SSSR count). The van der Waals surface area contributed by atoms with Gasteiger partial charge < -0.3 is 15.0 Å². The molecule has 5 heteroatoms. The number of aromatic nitrogens is 2. The molecule has 0 amide bonds. The maximum atomic E-state index is 6.34. The van der Waals surface area contributed by atoms with Crippen LogP contribution >= 0.6 is 0 Å². The van der Waals surface area contributed by atoms with Gasteiger partial charge in [-0.25, -0.2) is 0 Å². The summed E-state index contributed by atoms with van der Waals surface area (Å²) >= 11 is 0. The number of nitrogens with two attached hydrogens (primary N) is 1. The van der Waals surface area contributed by atoms with Gasteiger partial charge in [0.1, 0.15) is 5.60 Å². The molecule has 0 spiro atoms. The molecule has 0 saturated heterocycles. The summed E-state index contributed by atoms with van der Waals surface area (Å²) in [6.07, 6.45) is 5.82. The third kappa shape index (κ3) is 2.61. The Bertz CT molecular complexity index is 442. The second-order valence-corrected chi connectivity index (χ2v) is 6.19. The van der Waals surface area contributed by atoms with Crippen LogP contribution in [0, 0.1) is 5.92 Å². The molecule has 2 atom stereocenters. The highest BCUT2D eigenvalue weighted by molar-refractivity contribution is 5.08. The highest BCUT2D eigenvalue weighted by atomic mass is 16.5. The lowest BCUT2D eigenvalue weighted by molar-refractivity contribution is -0.0658. The van der Waals surface area contributed by atoms with Crippen LogP contribution in [0.4, 0.5) is 0 Å². The van der Waals surface area contributed by atoms with E-state index in [1.54, 1.807) is 7.11 Å². The molecule has 1 aromatic rings. The first-order chi connectivity index (χ1) is 9.49. The first kappa shape index (κ1) is 15.4. The Morgan fingerprint density at radius 2 is 2.15 bits per heavy atom. The van der Waals surface area contributed by atoms with Crippen molar-refractivity contribution in [1.29, 1.82) is 0 Å². The number of rotatable bonds is 5. The summed E-state index contributed by atoms with van der Waals surface area (Å²) in [4.78, 5) is 4.60. The molecule has 1 aromatic heterocycles. The van der Waals surface area contributed by atoms with Crippen LogP contribution < -0.4 is 5.73 Å². The number of methoxy groups -OCH3 is 1. The minimum atomic E-state index is -0.527. The van der Waals surface area contributed by atoms with Crippen molar-refractivity contribution < 1.29 is 9.26 Å². The molecule has 20 heavy (non-hydrogen) atoms. The van der Waals surface area contributed by atoms with Crippen LogP contribution in [0.15, 0.2) is 4.52 Å². The van der Waals surface area contributed by atoms with E-state index in [1.165, 1.54) is 6.42 Å². The SMILES string of the molecule is CCC(N)(CC)c1nc(C2(OC)CCCC(C)C2)no1. The van der Waals surface area contributed by atoms with Crippen molar-refractivity contribution in [3.8, 4) is 0 Å². The maximum absolute atomic E-state index is 6.34. The van der Waals surface area contributed by atoms with Crippen LogP contribution in [0.2, 0.25) is 0 Å². The summed E-state index contributed by atoms with van der Waals surface area (Å²) in [5, 5.41) is 4.19. The Hall–Kier alpha value is -0.940. The highest BCUT2D eigenvalue weighted by Crippen LogP contribution is 2.41. The van der Waals surface area contributed by atoms with Gasteiger partial charge in [-0.2, -0.15) is 4.98 Å². The van der Waals surface area contributed by atoms with Gasteiger partial charge in [0, 0.05) is 7.11 Å². The molecule has 0 bridgehead atoms. The molecular formula is C15H27N3O2. The molecule has 0 aromatic carbocycles. The van der Waals surface area contributed by atoms with Gasteiger partial charge in [-0.05, 0) is 38.0 Å². The van der Waals surface area contributed by atoms with Crippen molar-refractivity contribution in [2.24, 2.45) is 11.7 Å². The molecule has 1 aliphatic rings. The molecule has 1 saturated carbocycles. The number of hydrogen-bond acceptors (Lipinski definition) is 5. The molecule has 2 N–H and O–H groups in total. The van der Waals surface area contributed by atoms with Gasteiger partial charge in [-0.1, -0.05) is 32.3 Å². The average molecular weight is 281 g/mol. The van der Waals surface area contributed by atoms with E-state index in [9.17, 15) is 0 Å². The molecule has 1 heterocycles. The van der Waals surface area contributed by atoms with Gasteiger partial charge in [-0.3, -0.25) is 0 Å². The summed E-state index contributed by atoms with van der Waals surface area (Å²) in [6.45, 7) is 6.34. The van der Waals surface area contributed by atoms with E-state index >= 15 is 0 Å². The van der Waals surface area contributed by atoms with Crippen molar-refractivity contribution >= 4 is 0 Å². The minimum absolute atomic E-state index is 0.401. The van der Waals surface area contributed by atoms with E-state index in [0.29, 0.717) is 17.6 Å². The normalized spacial score (nSPS) is 27.8. The summed E-state index contributed by atoms with van der Waals surface area (Å²) in [7, 11) is 1.74. The fourth-order valence-corrected chi connectivity index (χ4v) is 3.15. The summed E-state index contributed by atoms with van der Waals surface area (Å²) in [5.74, 6) is 1.82. The fourth-order valence-electron chi connectivity index (χ4n) is 3.15. The lowest BCUT2D eigenvalue weighted by atomic mass is 9.78. The molecule has 5 nitrogen and oxygen atoms in total. The van der Waals surface area contributed by atoms with Crippen LogP contribution in [0.25, 0.3) is 0 Å². The van der Waals surface area contributed by atoms with Crippen LogP contribution in [0.1, 0.15) is 71.0 Å². The third-order valence-electron chi connectivity index (χ3n) is 4.87. The van der Waals surface area contributed by atoms with Gasteiger partial charge in [0.05, 0.1) is 5.54 Å². The Balaban J connectivity index is 2.31. The summed E-state index contributed by atoms with van der Waals surface area (Å²) in [6, 6.07) is 0. The van der Waals surface area contributed by atoms with E-state index in [2.05, 4.69) is 17.1 Å². The van der Waals surface area contributed by atoms with E-state index in [1.807, 2.05) is 13.8 Å². The molecule has 1 fully saturated rings. The monoisotopic (exact) mass is 281 g/mol. The topological polar surface area (TPSA) is 74.2 Å². The van der Waals surface area contributed by atoms with Crippen LogP contribution in [-0.4, -0.2) is 17.3 Å². The maximum Gasteiger partial charge on any atom is 0.246 e. The zero-order valence-corrected chi connectivity index (χ0v) is 13.1. The highest BCUT2D eigenvalue weighted by Gasteiger charge is 2.42. The van der Waals surface area contributed by atoms with Crippen LogP contribution in [0.5, 0.6) is 0 Å². The molecule has 2 unspecified atom stereocenters. The molecule has 114 valence electrons. The van der Waals surface area contributed by atoms with Crippen LogP contribution in [0.3, 0.4) is 0 Å². The zero-order valence-electron chi connectivity index (χ0n) is 13.1. The van der Waals surface area contributed by atoms with Gasteiger partial charge >= 0.3 is 0 Å². The fraction of sp³-hybridized carbons (Fsp3) is 0.867. The second kappa shape index (κ2) is 5.82. The van der Waals surface area contributed by atoms with Crippen molar-refractivity contribution in [1.82, 2.24) is 10.1 Å². The van der Waals surface area contributed by atoms with Gasteiger partial charge in [0.15, 0.2) is 0 Å². The Kier molecular flexibility index (Phi) is 4.49. The van der Waals surface area contributed by atoms with Crippen molar-refractivity contribution in [2.45, 2.75) is 70.4 Å².